The number of ether oxygens (including phenoxy) is 2. The third-order valence-electron chi connectivity index (χ3n) is 9.77. The summed E-state index contributed by atoms with van der Waals surface area (Å²) in [6, 6.07) is 0. The molecule has 0 radical (unpaired) electrons. The van der Waals surface area contributed by atoms with Crippen LogP contribution in [0.2, 0.25) is 0 Å². The molecule has 4 nitrogen and oxygen atoms in total. The summed E-state index contributed by atoms with van der Waals surface area (Å²) in [6.45, 7) is 10.9. The molecule has 1 spiro atoms. The Hall–Kier alpha value is -0.610. The van der Waals surface area contributed by atoms with E-state index in [1.54, 1.807) is 6.92 Å². The summed E-state index contributed by atoms with van der Waals surface area (Å²) >= 11 is 0. The largest absolute Gasteiger partial charge is 0.462 e. The topological polar surface area (TPSA) is 59.1 Å². The average Bonchev–Trinajstić information content (AvgIpc) is 3.22. The molecule has 4 aliphatic carbocycles. The lowest BCUT2D eigenvalue weighted by Crippen LogP contribution is -2.67. The van der Waals surface area contributed by atoms with Gasteiger partial charge >= 0.3 is 5.97 Å². The van der Waals surface area contributed by atoms with Gasteiger partial charge in [0.15, 0.2) is 0 Å². The maximum Gasteiger partial charge on any atom is 0.302 e. The van der Waals surface area contributed by atoms with Gasteiger partial charge in [0.25, 0.3) is 0 Å². The fourth-order valence-corrected chi connectivity index (χ4v) is 8.58. The van der Waals surface area contributed by atoms with Crippen molar-refractivity contribution in [3.8, 4) is 0 Å². The molecule has 0 aromatic heterocycles. The lowest BCUT2D eigenvalue weighted by Gasteiger charge is -2.67. The number of rotatable bonds is 1. The molecule has 5 fully saturated rings. The van der Waals surface area contributed by atoms with Crippen LogP contribution in [0.25, 0.3) is 0 Å². The lowest BCUT2D eigenvalue weighted by atomic mass is 9.39. The molecular formula is C22H34O4. The SMILES string of the molecule is CC(=O)O[C@@H]1C[C@H]2C(C)(C)CC[C@@H](O)[C@]2(C)[C@H]2CC[C@H]3C[C@]21[C@@H]1O[C@]31C. The van der Waals surface area contributed by atoms with Gasteiger partial charge in [-0.05, 0) is 68.6 Å². The minimum absolute atomic E-state index is 0.0223. The van der Waals surface area contributed by atoms with Gasteiger partial charge in [0.1, 0.15) is 6.10 Å². The molecule has 0 unspecified atom stereocenters. The second-order valence-electron chi connectivity index (χ2n) is 11.1. The van der Waals surface area contributed by atoms with Crippen molar-refractivity contribution in [3.05, 3.63) is 0 Å². The third kappa shape index (κ3) is 1.81. The molecule has 0 aromatic rings. The summed E-state index contributed by atoms with van der Waals surface area (Å²) in [7, 11) is 0. The van der Waals surface area contributed by atoms with E-state index >= 15 is 0 Å². The zero-order valence-electron chi connectivity index (χ0n) is 16.9. The van der Waals surface area contributed by atoms with Gasteiger partial charge in [-0.15, -0.1) is 0 Å². The summed E-state index contributed by atoms with van der Waals surface area (Å²) in [5.74, 6) is 1.16. The summed E-state index contributed by atoms with van der Waals surface area (Å²) in [5.41, 5.74) is -0.0633. The van der Waals surface area contributed by atoms with E-state index in [0.717, 1.165) is 32.1 Å². The highest BCUT2D eigenvalue weighted by atomic mass is 16.6. The molecule has 0 aromatic carbocycles. The number of carbonyl (C=O) groups is 1. The number of epoxide rings is 1. The number of aliphatic hydroxyl groups is 1. The first-order valence-electron chi connectivity index (χ1n) is 10.6. The highest BCUT2D eigenvalue weighted by Crippen LogP contribution is 2.78. The van der Waals surface area contributed by atoms with Gasteiger partial charge in [-0.1, -0.05) is 20.8 Å². The fraction of sp³-hybridized carbons (Fsp3) is 0.955. The first-order chi connectivity index (χ1) is 12.1. The monoisotopic (exact) mass is 362 g/mol. The third-order valence-corrected chi connectivity index (χ3v) is 9.77. The van der Waals surface area contributed by atoms with E-state index in [4.69, 9.17) is 9.47 Å². The molecule has 2 bridgehead atoms. The minimum Gasteiger partial charge on any atom is -0.462 e. The quantitative estimate of drug-likeness (QED) is 0.571. The van der Waals surface area contributed by atoms with E-state index in [9.17, 15) is 9.90 Å². The van der Waals surface area contributed by atoms with E-state index in [0.29, 0.717) is 17.8 Å². The molecule has 146 valence electrons. The van der Waals surface area contributed by atoms with Gasteiger partial charge in [-0.2, -0.15) is 0 Å². The van der Waals surface area contributed by atoms with E-state index in [-0.39, 0.29) is 46.1 Å². The zero-order valence-corrected chi connectivity index (χ0v) is 16.9. The summed E-state index contributed by atoms with van der Waals surface area (Å²) < 4.78 is 12.4. The Bertz CT molecular complexity index is 659. The Balaban J connectivity index is 1.65. The highest BCUT2D eigenvalue weighted by Gasteiger charge is 2.82. The molecule has 5 rings (SSSR count). The van der Waals surface area contributed by atoms with Gasteiger partial charge < -0.3 is 14.6 Å². The molecule has 0 amide bonds. The number of hydrogen-bond acceptors (Lipinski definition) is 4. The molecule has 4 heteroatoms. The Morgan fingerprint density at radius 2 is 1.85 bits per heavy atom. The Morgan fingerprint density at radius 1 is 1.12 bits per heavy atom. The maximum absolute atomic E-state index is 12.0. The van der Waals surface area contributed by atoms with E-state index in [1.165, 1.54) is 6.42 Å². The zero-order chi connectivity index (χ0) is 18.7. The van der Waals surface area contributed by atoms with Crippen molar-refractivity contribution in [2.24, 2.45) is 34.0 Å². The van der Waals surface area contributed by atoms with Crippen LogP contribution in [0.15, 0.2) is 0 Å². The first kappa shape index (κ1) is 17.5. The van der Waals surface area contributed by atoms with Gasteiger partial charge in [0.2, 0.25) is 0 Å². The van der Waals surface area contributed by atoms with Crippen LogP contribution in [0.3, 0.4) is 0 Å². The van der Waals surface area contributed by atoms with Crippen LogP contribution in [0.1, 0.15) is 73.1 Å². The Labute approximate surface area is 157 Å². The average molecular weight is 363 g/mol. The molecule has 26 heavy (non-hydrogen) atoms. The van der Waals surface area contributed by atoms with E-state index in [1.807, 2.05) is 0 Å². The van der Waals surface area contributed by atoms with Gasteiger partial charge in [0, 0.05) is 17.8 Å². The van der Waals surface area contributed by atoms with Crippen molar-refractivity contribution >= 4 is 5.97 Å². The summed E-state index contributed by atoms with van der Waals surface area (Å²) in [6.07, 6.45) is 6.10. The van der Waals surface area contributed by atoms with E-state index in [2.05, 4.69) is 27.7 Å². The molecule has 1 saturated heterocycles. The molecule has 1 N–H and O–H groups in total. The molecule has 4 saturated carbocycles. The minimum atomic E-state index is -0.261. The normalized spacial score (nSPS) is 59.0. The fourth-order valence-electron chi connectivity index (χ4n) is 8.58. The van der Waals surface area contributed by atoms with Crippen LogP contribution >= 0.6 is 0 Å². The van der Waals surface area contributed by atoms with Crippen LogP contribution < -0.4 is 0 Å². The van der Waals surface area contributed by atoms with Crippen molar-refractivity contribution in [1.82, 2.24) is 0 Å². The summed E-state index contributed by atoms with van der Waals surface area (Å²) in [4.78, 5) is 12.0. The van der Waals surface area contributed by atoms with E-state index < -0.39 is 0 Å². The lowest BCUT2D eigenvalue weighted by molar-refractivity contribution is -0.251. The number of esters is 1. The van der Waals surface area contributed by atoms with Crippen LogP contribution in [-0.2, 0) is 14.3 Å². The standard InChI is InChI=1S/C22H34O4/c1-12(23)25-17-10-15-19(2,3)9-8-16(24)20(15,4)14-7-6-13-11-22(14,17)18-21(13,5)26-18/h13-18,24H,6-11H2,1-5H3/t13-,14+,15-,16+,17+,18+,20+,21+,22-/m0/s1. The van der Waals surface area contributed by atoms with Crippen LogP contribution in [0.5, 0.6) is 0 Å². The number of fused-ring (bicyclic) bond motifs is 5. The molecular weight excluding hydrogens is 328 g/mol. The molecule has 9 atom stereocenters. The van der Waals surface area contributed by atoms with Crippen molar-refractivity contribution in [2.75, 3.05) is 0 Å². The van der Waals surface area contributed by atoms with Gasteiger partial charge in [-0.25, -0.2) is 0 Å². The Morgan fingerprint density at radius 3 is 2.54 bits per heavy atom. The smallest absolute Gasteiger partial charge is 0.302 e. The van der Waals surface area contributed by atoms with Crippen LogP contribution in [0, 0.1) is 34.0 Å². The van der Waals surface area contributed by atoms with Crippen molar-refractivity contribution in [1.29, 1.82) is 0 Å². The van der Waals surface area contributed by atoms with Gasteiger partial charge in [0.05, 0.1) is 17.8 Å². The predicted molar refractivity (Wildman–Crippen MR) is 97.3 cm³/mol. The maximum atomic E-state index is 12.0. The molecule has 1 heterocycles. The van der Waals surface area contributed by atoms with Gasteiger partial charge in [-0.3, -0.25) is 4.79 Å². The second-order valence-corrected chi connectivity index (χ2v) is 11.1. The second kappa shape index (κ2) is 4.86. The number of aliphatic hydroxyl groups excluding tert-OH is 1. The van der Waals surface area contributed by atoms with Crippen molar-refractivity contribution < 1.29 is 19.4 Å². The highest BCUT2D eigenvalue weighted by molar-refractivity contribution is 5.66. The summed E-state index contributed by atoms with van der Waals surface area (Å²) in [5, 5.41) is 11.2. The number of hydrogen-bond donors (Lipinski definition) is 1. The first-order valence-corrected chi connectivity index (χ1v) is 10.6. The Kier molecular flexibility index (Phi) is 3.27. The number of carbonyl (C=O) groups excluding carboxylic acids is 1. The van der Waals surface area contributed by atoms with Crippen molar-refractivity contribution in [3.63, 3.8) is 0 Å². The van der Waals surface area contributed by atoms with Crippen molar-refractivity contribution in [2.45, 2.75) is 97.1 Å². The van der Waals surface area contributed by atoms with Crippen LogP contribution in [-0.4, -0.2) is 35.0 Å². The van der Waals surface area contributed by atoms with Crippen LogP contribution in [0.4, 0.5) is 0 Å². The molecule has 5 aliphatic rings. The molecule has 1 aliphatic heterocycles. The predicted octanol–water partition coefficient (Wildman–Crippen LogP) is 3.70.